The average molecular weight is 209 g/mol. The summed E-state index contributed by atoms with van der Waals surface area (Å²) in [5.74, 6) is 0.850. The van der Waals surface area contributed by atoms with Gasteiger partial charge in [0.05, 0.1) is 12.4 Å². The molecule has 0 aliphatic heterocycles. The second-order valence-electron chi connectivity index (χ2n) is 4.14. The number of hydrogen-bond donors (Lipinski definition) is 1. The molecule has 1 unspecified atom stereocenters. The summed E-state index contributed by atoms with van der Waals surface area (Å²) in [5, 5.41) is 0. The lowest BCUT2D eigenvalue weighted by Gasteiger charge is -2.25. The lowest BCUT2D eigenvalue weighted by Crippen LogP contribution is -2.24. The lowest BCUT2D eigenvalue weighted by molar-refractivity contribution is -0.0361. The highest BCUT2D eigenvalue weighted by atomic mass is 16.5. The van der Waals surface area contributed by atoms with Gasteiger partial charge in [0.1, 0.15) is 11.9 Å². The SMILES string of the molecule is NCC(OC1CCCCC1)c1ccco1. The van der Waals surface area contributed by atoms with Crippen LogP contribution in [0.4, 0.5) is 0 Å². The molecule has 3 nitrogen and oxygen atoms in total. The fourth-order valence-electron chi connectivity index (χ4n) is 2.15. The minimum atomic E-state index is -0.0666. The molecular weight excluding hydrogens is 190 g/mol. The van der Waals surface area contributed by atoms with Crippen molar-refractivity contribution < 1.29 is 9.15 Å². The van der Waals surface area contributed by atoms with Gasteiger partial charge in [-0.25, -0.2) is 0 Å². The topological polar surface area (TPSA) is 48.4 Å². The van der Waals surface area contributed by atoms with Crippen LogP contribution in [0.2, 0.25) is 0 Å². The van der Waals surface area contributed by atoms with Gasteiger partial charge in [-0.15, -0.1) is 0 Å². The van der Waals surface area contributed by atoms with Crippen LogP contribution in [-0.4, -0.2) is 12.6 Å². The van der Waals surface area contributed by atoms with Crippen molar-refractivity contribution in [1.82, 2.24) is 0 Å². The van der Waals surface area contributed by atoms with Crippen LogP contribution < -0.4 is 5.73 Å². The Morgan fingerprint density at radius 3 is 2.80 bits per heavy atom. The van der Waals surface area contributed by atoms with Crippen LogP contribution >= 0.6 is 0 Å². The van der Waals surface area contributed by atoms with Gasteiger partial charge in [0, 0.05) is 6.54 Å². The second-order valence-corrected chi connectivity index (χ2v) is 4.14. The van der Waals surface area contributed by atoms with Crippen LogP contribution in [0.1, 0.15) is 44.0 Å². The molecule has 1 aromatic rings. The Morgan fingerprint density at radius 2 is 2.20 bits per heavy atom. The van der Waals surface area contributed by atoms with E-state index in [1.54, 1.807) is 6.26 Å². The van der Waals surface area contributed by atoms with Gasteiger partial charge < -0.3 is 14.9 Å². The molecule has 2 rings (SSSR count). The largest absolute Gasteiger partial charge is 0.467 e. The van der Waals surface area contributed by atoms with Crippen LogP contribution in [0.5, 0.6) is 0 Å². The zero-order valence-corrected chi connectivity index (χ0v) is 9.02. The van der Waals surface area contributed by atoms with E-state index in [9.17, 15) is 0 Å². The van der Waals surface area contributed by atoms with E-state index in [2.05, 4.69) is 0 Å². The molecule has 84 valence electrons. The molecule has 1 saturated carbocycles. The van der Waals surface area contributed by atoms with Gasteiger partial charge >= 0.3 is 0 Å². The van der Waals surface area contributed by atoms with E-state index < -0.39 is 0 Å². The first kappa shape index (κ1) is 10.7. The third-order valence-corrected chi connectivity index (χ3v) is 2.98. The Bertz CT molecular complexity index is 265. The summed E-state index contributed by atoms with van der Waals surface area (Å²) in [4.78, 5) is 0. The highest BCUT2D eigenvalue weighted by Gasteiger charge is 2.20. The summed E-state index contributed by atoms with van der Waals surface area (Å²) >= 11 is 0. The monoisotopic (exact) mass is 209 g/mol. The van der Waals surface area contributed by atoms with E-state index in [0.29, 0.717) is 12.6 Å². The van der Waals surface area contributed by atoms with Crippen molar-refractivity contribution >= 4 is 0 Å². The van der Waals surface area contributed by atoms with E-state index in [1.165, 1.54) is 19.3 Å². The zero-order chi connectivity index (χ0) is 10.5. The Hall–Kier alpha value is -0.800. The van der Waals surface area contributed by atoms with Crippen molar-refractivity contribution in [1.29, 1.82) is 0 Å². The predicted octanol–water partition coefficient (Wildman–Crippen LogP) is 2.63. The summed E-state index contributed by atoms with van der Waals surface area (Å²) < 4.78 is 11.3. The lowest BCUT2D eigenvalue weighted by atomic mass is 9.97. The molecule has 2 N–H and O–H groups in total. The highest BCUT2D eigenvalue weighted by molar-refractivity contribution is 5.02. The van der Waals surface area contributed by atoms with Crippen LogP contribution in [0.15, 0.2) is 22.8 Å². The van der Waals surface area contributed by atoms with E-state index in [-0.39, 0.29) is 6.10 Å². The number of furan rings is 1. The fraction of sp³-hybridized carbons (Fsp3) is 0.667. The van der Waals surface area contributed by atoms with Crippen molar-refractivity contribution in [2.24, 2.45) is 5.73 Å². The normalized spacial score (nSPS) is 20.3. The van der Waals surface area contributed by atoms with Crippen LogP contribution in [-0.2, 0) is 4.74 Å². The van der Waals surface area contributed by atoms with Crippen LogP contribution in [0.3, 0.4) is 0 Å². The summed E-state index contributed by atoms with van der Waals surface area (Å²) in [5.41, 5.74) is 5.70. The van der Waals surface area contributed by atoms with Crippen molar-refractivity contribution in [2.75, 3.05) is 6.54 Å². The first-order valence-electron chi connectivity index (χ1n) is 5.79. The molecule has 0 aromatic carbocycles. The number of nitrogens with two attached hydrogens (primary N) is 1. The molecule has 1 aliphatic rings. The Morgan fingerprint density at radius 1 is 1.40 bits per heavy atom. The molecular formula is C12H19NO2. The van der Waals surface area contributed by atoms with E-state index in [4.69, 9.17) is 14.9 Å². The van der Waals surface area contributed by atoms with Gasteiger partial charge in [-0.2, -0.15) is 0 Å². The number of hydrogen-bond acceptors (Lipinski definition) is 3. The molecule has 1 aromatic heterocycles. The summed E-state index contributed by atoms with van der Waals surface area (Å²) in [6, 6.07) is 3.81. The molecule has 0 spiro atoms. The molecule has 15 heavy (non-hydrogen) atoms. The van der Waals surface area contributed by atoms with Gasteiger partial charge in [-0.1, -0.05) is 19.3 Å². The third-order valence-electron chi connectivity index (χ3n) is 2.98. The molecule has 0 bridgehead atoms. The Labute approximate surface area is 90.6 Å². The van der Waals surface area contributed by atoms with Crippen molar-refractivity contribution in [2.45, 2.75) is 44.3 Å². The summed E-state index contributed by atoms with van der Waals surface area (Å²) in [7, 11) is 0. The van der Waals surface area contributed by atoms with Gasteiger partial charge in [0.2, 0.25) is 0 Å². The average Bonchev–Trinajstić information content (AvgIpc) is 2.81. The molecule has 0 amide bonds. The molecule has 0 radical (unpaired) electrons. The van der Waals surface area contributed by atoms with Crippen LogP contribution in [0.25, 0.3) is 0 Å². The standard InChI is InChI=1S/C12H19NO2/c13-9-12(11-7-4-8-14-11)15-10-5-2-1-3-6-10/h4,7-8,10,12H,1-3,5-6,9,13H2. The van der Waals surface area contributed by atoms with E-state index in [0.717, 1.165) is 18.6 Å². The first-order chi connectivity index (χ1) is 7.40. The maximum atomic E-state index is 5.97. The third kappa shape index (κ3) is 2.83. The van der Waals surface area contributed by atoms with Gasteiger partial charge in [0.25, 0.3) is 0 Å². The van der Waals surface area contributed by atoms with Crippen molar-refractivity contribution in [3.8, 4) is 0 Å². The fourth-order valence-corrected chi connectivity index (χ4v) is 2.15. The van der Waals surface area contributed by atoms with Crippen molar-refractivity contribution in [3.63, 3.8) is 0 Å². The number of ether oxygens (including phenoxy) is 1. The molecule has 0 saturated heterocycles. The summed E-state index contributed by atoms with van der Waals surface area (Å²) in [6.45, 7) is 0.490. The van der Waals surface area contributed by atoms with Crippen molar-refractivity contribution in [3.05, 3.63) is 24.2 Å². The molecule has 1 aliphatic carbocycles. The maximum Gasteiger partial charge on any atom is 0.133 e. The second kappa shape index (κ2) is 5.33. The maximum absolute atomic E-state index is 5.97. The van der Waals surface area contributed by atoms with E-state index >= 15 is 0 Å². The zero-order valence-electron chi connectivity index (χ0n) is 9.02. The van der Waals surface area contributed by atoms with Gasteiger partial charge in [-0.05, 0) is 25.0 Å². The Kier molecular flexibility index (Phi) is 3.80. The quantitative estimate of drug-likeness (QED) is 0.829. The van der Waals surface area contributed by atoms with Crippen LogP contribution in [0, 0.1) is 0 Å². The highest BCUT2D eigenvalue weighted by Crippen LogP contribution is 2.26. The minimum Gasteiger partial charge on any atom is -0.467 e. The molecule has 3 heteroatoms. The van der Waals surface area contributed by atoms with Gasteiger partial charge in [-0.3, -0.25) is 0 Å². The van der Waals surface area contributed by atoms with E-state index in [1.807, 2.05) is 12.1 Å². The first-order valence-corrected chi connectivity index (χ1v) is 5.79. The Balaban J connectivity index is 1.90. The van der Waals surface area contributed by atoms with Gasteiger partial charge in [0.15, 0.2) is 0 Å². The predicted molar refractivity (Wildman–Crippen MR) is 58.5 cm³/mol. The summed E-state index contributed by atoms with van der Waals surface area (Å²) in [6.07, 6.45) is 8.20. The minimum absolute atomic E-state index is 0.0666. The number of rotatable bonds is 4. The molecule has 1 fully saturated rings. The molecule has 1 heterocycles. The molecule has 1 atom stereocenters. The smallest absolute Gasteiger partial charge is 0.133 e.